The number of anilines is 1. The van der Waals surface area contributed by atoms with Gasteiger partial charge in [-0.1, -0.05) is 13.8 Å². The van der Waals surface area contributed by atoms with Gasteiger partial charge in [0.05, 0.1) is 25.7 Å². The molecule has 0 radical (unpaired) electrons. The molecule has 1 aromatic heterocycles. The lowest BCUT2D eigenvalue weighted by Crippen LogP contribution is -2.35. The van der Waals surface area contributed by atoms with Crippen molar-refractivity contribution in [3.05, 3.63) is 50.9 Å². The van der Waals surface area contributed by atoms with E-state index in [1.165, 1.54) is 0 Å². The number of benzene rings is 1. The number of aromatic nitrogens is 2. The third kappa shape index (κ3) is 2.74. The Morgan fingerprint density at radius 3 is 2.56 bits per heavy atom. The van der Waals surface area contributed by atoms with E-state index in [9.17, 15) is 9.59 Å². The van der Waals surface area contributed by atoms with Crippen LogP contribution in [0, 0.1) is 5.41 Å². The van der Waals surface area contributed by atoms with Crippen molar-refractivity contribution in [2.45, 2.75) is 32.6 Å². The largest absolute Gasteiger partial charge is 0.497 e. The molecule has 1 aromatic carbocycles. The second kappa shape index (κ2) is 6.04. The highest BCUT2D eigenvalue weighted by atomic mass is 16.5. The molecule has 0 spiro atoms. The van der Waals surface area contributed by atoms with Crippen LogP contribution in [-0.2, 0) is 4.79 Å². The van der Waals surface area contributed by atoms with Gasteiger partial charge < -0.3 is 14.8 Å². The van der Waals surface area contributed by atoms with Crippen molar-refractivity contribution in [2.24, 2.45) is 5.41 Å². The lowest BCUT2D eigenvalue weighted by atomic mass is 9.69. The molecule has 3 N–H and O–H groups in total. The smallest absolute Gasteiger partial charge is 0.270 e. The molecule has 1 aliphatic carbocycles. The van der Waals surface area contributed by atoms with Crippen molar-refractivity contribution in [3.8, 4) is 11.5 Å². The maximum absolute atomic E-state index is 13.1. The summed E-state index contributed by atoms with van der Waals surface area (Å²) in [7, 11) is 3.16. The average Bonchev–Trinajstić information content (AvgIpc) is 2.99. The number of Topliss-reactive ketones (excluding diaryl/α,β-unsaturated/α-hetero) is 1. The number of ketones is 1. The van der Waals surface area contributed by atoms with E-state index in [1.807, 2.05) is 6.07 Å². The first-order chi connectivity index (χ1) is 12.8. The summed E-state index contributed by atoms with van der Waals surface area (Å²) < 4.78 is 10.9. The highest BCUT2D eigenvalue weighted by Crippen LogP contribution is 2.49. The number of nitrogens with one attached hydrogen (secondary N) is 3. The summed E-state index contributed by atoms with van der Waals surface area (Å²) in [6.45, 7) is 4.15. The number of aromatic amines is 2. The van der Waals surface area contributed by atoms with Crippen LogP contribution < -0.4 is 20.3 Å². The molecule has 0 bridgehead atoms. The van der Waals surface area contributed by atoms with Gasteiger partial charge in [-0.3, -0.25) is 19.8 Å². The van der Waals surface area contributed by atoms with Crippen LogP contribution in [0.3, 0.4) is 0 Å². The molecule has 27 heavy (non-hydrogen) atoms. The van der Waals surface area contributed by atoms with Gasteiger partial charge in [0.1, 0.15) is 17.3 Å². The topological polar surface area (TPSA) is 96.2 Å². The number of fused-ring (bicyclic) bond motifs is 1. The van der Waals surface area contributed by atoms with E-state index < -0.39 is 5.92 Å². The van der Waals surface area contributed by atoms with E-state index in [0.717, 1.165) is 17.7 Å². The zero-order valence-electron chi connectivity index (χ0n) is 15.9. The van der Waals surface area contributed by atoms with E-state index in [2.05, 4.69) is 29.4 Å². The van der Waals surface area contributed by atoms with Crippen LogP contribution in [0.1, 0.15) is 43.7 Å². The fourth-order valence-electron chi connectivity index (χ4n) is 4.19. The number of hydrogen-bond acceptors (Lipinski definition) is 5. The van der Waals surface area contributed by atoms with Gasteiger partial charge in [0.15, 0.2) is 5.78 Å². The van der Waals surface area contributed by atoms with Crippen LogP contribution in [0.15, 0.2) is 34.3 Å². The third-order valence-corrected chi connectivity index (χ3v) is 5.34. The Kier molecular flexibility index (Phi) is 3.91. The standard InChI is InChI=1S/C20H23N3O4/c1-20(2)8-12-16(13(24)9-20)15(17-18(21-12)22-23-19(17)25)11-7-10(26-3)5-6-14(11)27-4/h5-7,15H,8-9H2,1-4H3,(H3,21,22,23,25). The van der Waals surface area contributed by atoms with Crippen LogP contribution >= 0.6 is 0 Å². The number of H-pyrrole nitrogens is 2. The molecule has 2 aromatic rings. The van der Waals surface area contributed by atoms with Gasteiger partial charge in [0, 0.05) is 23.3 Å². The summed E-state index contributed by atoms with van der Waals surface area (Å²) in [4.78, 5) is 25.7. The van der Waals surface area contributed by atoms with E-state index in [1.54, 1.807) is 26.4 Å². The number of hydrogen-bond donors (Lipinski definition) is 3. The van der Waals surface area contributed by atoms with Crippen molar-refractivity contribution in [1.29, 1.82) is 0 Å². The molecular formula is C20H23N3O4. The van der Waals surface area contributed by atoms with Gasteiger partial charge in [0.25, 0.3) is 5.56 Å². The lowest BCUT2D eigenvalue weighted by molar-refractivity contribution is -0.118. The Balaban J connectivity index is 1.99. The second-order valence-corrected chi connectivity index (χ2v) is 7.87. The maximum Gasteiger partial charge on any atom is 0.270 e. The first kappa shape index (κ1) is 17.5. The normalized spacial score (nSPS) is 20.6. The van der Waals surface area contributed by atoms with Crippen LogP contribution in [0.4, 0.5) is 5.82 Å². The predicted molar refractivity (Wildman–Crippen MR) is 101 cm³/mol. The maximum atomic E-state index is 13.1. The number of carbonyl (C=O) groups excluding carboxylic acids is 1. The molecule has 1 atom stereocenters. The zero-order valence-corrected chi connectivity index (χ0v) is 15.9. The van der Waals surface area contributed by atoms with Crippen molar-refractivity contribution in [1.82, 2.24) is 10.2 Å². The van der Waals surface area contributed by atoms with Gasteiger partial charge >= 0.3 is 0 Å². The van der Waals surface area contributed by atoms with E-state index in [0.29, 0.717) is 34.9 Å². The van der Waals surface area contributed by atoms with E-state index in [-0.39, 0.29) is 16.8 Å². The predicted octanol–water partition coefficient (Wildman–Crippen LogP) is 2.92. The van der Waals surface area contributed by atoms with Crippen molar-refractivity contribution in [2.75, 3.05) is 19.5 Å². The van der Waals surface area contributed by atoms with Crippen LogP contribution in [0.2, 0.25) is 0 Å². The number of rotatable bonds is 3. The minimum atomic E-state index is -0.514. The molecule has 2 heterocycles. The summed E-state index contributed by atoms with van der Waals surface area (Å²) in [6, 6.07) is 5.43. The summed E-state index contributed by atoms with van der Waals surface area (Å²) in [5.41, 5.74) is 2.34. The van der Waals surface area contributed by atoms with Crippen molar-refractivity contribution in [3.63, 3.8) is 0 Å². The summed E-state index contributed by atoms with van der Waals surface area (Å²) in [5, 5.41) is 8.81. The Morgan fingerprint density at radius 2 is 1.85 bits per heavy atom. The fourth-order valence-corrected chi connectivity index (χ4v) is 4.19. The van der Waals surface area contributed by atoms with Gasteiger partial charge in [-0.25, -0.2) is 0 Å². The summed E-state index contributed by atoms with van der Waals surface area (Å²) in [6.07, 6.45) is 1.16. The Hall–Kier alpha value is -2.96. The Bertz CT molecular complexity index is 1010. The number of methoxy groups -OCH3 is 2. The summed E-state index contributed by atoms with van der Waals surface area (Å²) in [5.74, 6) is 1.39. The molecule has 0 saturated heterocycles. The van der Waals surface area contributed by atoms with Gasteiger partial charge in [-0.05, 0) is 30.0 Å². The molecule has 4 rings (SSSR count). The zero-order chi connectivity index (χ0) is 19.3. The second-order valence-electron chi connectivity index (χ2n) is 7.87. The minimum Gasteiger partial charge on any atom is -0.497 e. The van der Waals surface area contributed by atoms with Gasteiger partial charge in [0.2, 0.25) is 0 Å². The van der Waals surface area contributed by atoms with Crippen LogP contribution in [0.25, 0.3) is 0 Å². The minimum absolute atomic E-state index is 0.0508. The SMILES string of the molecule is COc1ccc(OC)c(C2C3=C(CC(C)(C)CC3=O)Nc3[nH][nH]c(=O)c32)c1. The molecule has 1 unspecified atom stereocenters. The Labute approximate surface area is 156 Å². The number of ether oxygens (including phenoxy) is 2. The van der Waals surface area contributed by atoms with Crippen molar-refractivity contribution < 1.29 is 14.3 Å². The summed E-state index contributed by atoms with van der Waals surface area (Å²) >= 11 is 0. The molecule has 0 fully saturated rings. The van der Waals surface area contributed by atoms with Crippen LogP contribution in [0.5, 0.6) is 11.5 Å². The molecule has 0 saturated carbocycles. The fraction of sp³-hybridized carbons (Fsp3) is 0.400. The quantitative estimate of drug-likeness (QED) is 0.773. The van der Waals surface area contributed by atoms with E-state index in [4.69, 9.17) is 9.47 Å². The molecular weight excluding hydrogens is 346 g/mol. The molecule has 0 amide bonds. The first-order valence-electron chi connectivity index (χ1n) is 8.90. The van der Waals surface area contributed by atoms with Gasteiger partial charge in [-0.15, -0.1) is 0 Å². The van der Waals surface area contributed by atoms with Crippen LogP contribution in [-0.4, -0.2) is 30.2 Å². The van der Waals surface area contributed by atoms with E-state index >= 15 is 0 Å². The Morgan fingerprint density at radius 1 is 1.07 bits per heavy atom. The molecule has 7 heteroatoms. The molecule has 2 aliphatic rings. The first-order valence-corrected chi connectivity index (χ1v) is 8.90. The lowest BCUT2D eigenvalue weighted by Gasteiger charge is -2.38. The molecule has 1 aliphatic heterocycles. The molecule has 142 valence electrons. The van der Waals surface area contributed by atoms with Crippen molar-refractivity contribution >= 4 is 11.6 Å². The highest BCUT2D eigenvalue weighted by molar-refractivity contribution is 6.01. The number of allylic oxidation sites excluding steroid dienone is 2. The third-order valence-electron chi connectivity index (χ3n) is 5.34. The van der Waals surface area contributed by atoms with Gasteiger partial charge in [-0.2, -0.15) is 0 Å². The average molecular weight is 369 g/mol. The monoisotopic (exact) mass is 369 g/mol. The molecule has 7 nitrogen and oxygen atoms in total. The number of carbonyl (C=O) groups is 1. The highest BCUT2D eigenvalue weighted by Gasteiger charge is 2.43.